The normalized spacial score (nSPS) is 18.8. The number of benzene rings is 1. The Balaban J connectivity index is 1.87. The Hall–Kier alpha value is -1.90. The molecule has 1 aliphatic rings. The van der Waals surface area contributed by atoms with Crippen LogP contribution >= 0.6 is 11.3 Å². The first-order chi connectivity index (χ1) is 12.4. The van der Waals surface area contributed by atoms with Crippen molar-refractivity contribution in [1.82, 2.24) is 9.88 Å². The summed E-state index contributed by atoms with van der Waals surface area (Å²) in [6.45, 7) is 4.65. The number of ether oxygens (including phenoxy) is 1. The third kappa shape index (κ3) is 3.92. The van der Waals surface area contributed by atoms with E-state index in [1.165, 1.54) is 6.07 Å². The van der Waals surface area contributed by atoms with E-state index in [0.29, 0.717) is 47.3 Å². The molecule has 0 aliphatic carbocycles. The number of morpholine rings is 1. The van der Waals surface area contributed by atoms with Crippen molar-refractivity contribution in [1.29, 1.82) is 0 Å². The number of rotatable bonds is 4. The van der Waals surface area contributed by atoms with Crippen LogP contribution in [0.4, 0.5) is 8.78 Å². The Labute approximate surface area is 154 Å². The maximum atomic E-state index is 13.5. The number of carbonyl (C=O) groups excluding carboxylic acids is 1. The third-order valence-corrected chi connectivity index (χ3v) is 5.45. The first kappa shape index (κ1) is 18.9. The zero-order valence-electron chi connectivity index (χ0n) is 14.5. The number of aliphatic hydroxyl groups is 1. The second kappa shape index (κ2) is 7.77. The highest BCUT2D eigenvalue weighted by atomic mass is 32.1. The molecule has 8 heteroatoms. The van der Waals surface area contributed by atoms with Gasteiger partial charge in [0.15, 0.2) is 11.6 Å². The fourth-order valence-electron chi connectivity index (χ4n) is 2.99. The van der Waals surface area contributed by atoms with Crippen LogP contribution in [0, 0.1) is 18.6 Å². The van der Waals surface area contributed by atoms with Gasteiger partial charge in [0, 0.05) is 12.1 Å². The predicted molar refractivity (Wildman–Crippen MR) is 94.1 cm³/mol. The highest BCUT2D eigenvalue weighted by molar-refractivity contribution is 7.17. The van der Waals surface area contributed by atoms with E-state index in [4.69, 9.17) is 4.74 Å². The topological polar surface area (TPSA) is 62.7 Å². The van der Waals surface area contributed by atoms with E-state index in [9.17, 15) is 18.7 Å². The minimum atomic E-state index is -0.951. The van der Waals surface area contributed by atoms with Crippen LogP contribution < -0.4 is 0 Å². The number of nitrogens with zero attached hydrogens (tertiary/aromatic N) is 2. The molecular weight excluding hydrogens is 362 g/mol. The average molecular weight is 382 g/mol. The molecular formula is C18H20F2N2O3S. The van der Waals surface area contributed by atoms with Gasteiger partial charge in [-0.3, -0.25) is 4.79 Å². The monoisotopic (exact) mass is 382 g/mol. The Morgan fingerprint density at radius 2 is 2.23 bits per heavy atom. The molecule has 0 saturated carbocycles. The van der Waals surface area contributed by atoms with Gasteiger partial charge in [0.1, 0.15) is 9.88 Å². The summed E-state index contributed by atoms with van der Waals surface area (Å²) in [5, 5.41) is 10.1. The summed E-state index contributed by atoms with van der Waals surface area (Å²) in [5.41, 5.74) is 0.973. The predicted octanol–water partition coefficient (Wildman–Crippen LogP) is 3.01. The molecule has 1 aromatic carbocycles. The number of thiazole rings is 1. The van der Waals surface area contributed by atoms with Gasteiger partial charge in [-0.15, -0.1) is 11.3 Å². The van der Waals surface area contributed by atoms with Crippen molar-refractivity contribution in [2.75, 3.05) is 19.8 Å². The molecule has 1 saturated heterocycles. The lowest BCUT2D eigenvalue weighted by molar-refractivity contribution is -0.0150. The van der Waals surface area contributed by atoms with Crippen molar-refractivity contribution in [2.24, 2.45) is 0 Å². The maximum Gasteiger partial charge on any atom is 0.266 e. The number of aryl methyl sites for hydroxylation is 1. The van der Waals surface area contributed by atoms with Gasteiger partial charge in [0.25, 0.3) is 5.91 Å². The standard InChI is InChI=1S/C18H20F2N2O3S/c1-10(23)7-13-9-25-6-5-22(13)18(24)16-11(2)21-17(26-16)12-3-4-14(19)15(20)8-12/h3-4,8,10,13,23H,5-7,9H2,1-2H3. The van der Waals surface area contributed by atoms with E-state index >= 15 is 0 Å². The van der Waals surface area contributed by atoms with E-state index in [2.05, 4.69) is 4.98 Å². The molecule has 2 unspecified atom stereocenters. The largest absolute Gasteiger partial charge is 0.393 e. The van der Waals surface area contributed by atoms with E-state index in [1.54, 1.807) is 18.7 Å². The summed E-state index contributed by atoms with van der Waals surface area (Å²) < 4.78 is 32.0. The molecule has 1 fully saturated rings. The van der Waals surface area contributed by atoms with Crippen molar-refractivity contribution in [3.8, 4) is 10.6 Å². The van der Waals surface area contributed by atoms with Crippen molar-refractivity contribution < 1.29 is 23.4 Å². The van der Waals surface area contributed by atoms with Gasteiger partial charge in [0.2, 0.25) is 0 Å². The van der Waals surface area contributed by atoms with Gasteiger partial charge in [-0.25, -0.2) is 13.8 Å². The first-order valence-corrected chi connectivity index (χ1v) is 9.18. The smallest absolute Gasteiger partial charge is 0.266 e. The molecule has 0 radical (unpaired) electrons. The molecule has 3 rings (SSSR count). The fourth-order valence-corrected chi connectivity index (χ4v) is 4.01. The Kier molecular flexibility index (Phi) is 5.64. The number of aliphatic hydroxyl groups excluding tert-OH is 1. The highest BCUT2D eigenvalue weighted by Crippen LogP contribution is 2.30. The SMILES string of the molecule is Cc1nc(-c2ccc(F)c(F)c2)sc1C(=O)N1CCOCC1CC(C)O. The van der Waals surface area contributed by atoms with Crippen molar-refractivity contribution in [2.45, 2.75) is 32.4 Å². The number of amides is 1. The van der Waals surface area contributed by atoms with Crippen molar-refractivity contribution in [3.63, 3.8) is 0 Å². The maximum absolute atomic E-state index is 13.5. The van der Waals surface area contributed by atoms with Crippen LogP contribution in [0.5, 0.6) is 0 Å². The third-order valence-electron chi connectivity index (χ3n) is 4.26. The van der Waals surface area contributed by atoms with Gasteiger partial charge in [-0.2, -0.15) is 0 Å². The number of carbonyl (C=O) groups is 1. The lowest BCUT2D eigenvalue weighted by Gasteiger charge is -2.36. The van der Waals surface area contributed by atoms with E-state index < -0.39 is 17.7 Å². The van der Waals surface area contributed by atoms with Crippen molar-refractivity contribution >= 4 is 17.2 Å². The molecule has 2 aromatic rings. The summed E-state index contributed by atoms with van der Waals surface area (Å²) >= 11 is 1.16. The van der Waals surface area contributed by atoms with Crippen molar-refractivity contribution in [3.05, 3.63) is 40.4 Å². The van der Waals surface area contributed by atoms with Crippen LogP contribution in [0.3, 0.4) is 0 Å². The zero-order chi connectivity index (χ0) is 18.8. The van der Waals surface area contributed by atoms with Crippen LogP contribution in [0.25, 0.3) is 10.6 Å². The Morgan fingerprint density at radius 1 is 1.46 bits per heavy atom. The van der Waals surface area contributed by atoms with Crippen LogP contribution in [0.15, 0.2) is 18.2 Å². The quantitative estimate of drug-likeness (QED) is 0.883. The van der Waals surface area contributed by atoms with Gasteiger partial charge >= 0.3 is 0 Å². The first-order valence-electron chi connectivity index (χ1n) is 8.36. The summed E-state index contributed by atoms with van der Waals surface area (Å²) in [6, 6.07) is 3.36. The zero-order valence-corrected chi connectivity index (χ0v) is 15.4. The molecule has 5 nitrogen and oxygen atoms in total. The van der Waals surface area contributed by atoms with Gasteiger partial charge in [-0.05, 0) is 38.5 Å². The Morgan fingerprint density at radius 3 is 2.92 bits per heavy atom. The van der Waals surface area contributed by atoms with Crippen LogP contribution in [-0.4, -0.2) is 52.8 Å². The number of halogens is 2. The molecule has 26 heavy (non-hydrogen) atoms. The lowest BCUT2D eigenvalue weighted by atomic mass is 10.1. The molecule has 2 heterocycles. The van der Waals surface area contributed by atoms with E-state index in [-0.39, 0.29) is 11.9 Å². The summed E-state index contributed by atoms with van der Waals surface area (Å²) in [7, 11) is 0. The van der Waals surface area contributed by atoms with Crippen LogP contribution in [-0.2, 0) is 4.74 Å². The molecule has 1 aromatic heterocycles. The van der Waals surface area contributed by atoms with Crippen LogP contribution in [0.2, 0.25) is 0 Å². The molecule has 0 bridgehead atoms. The van der Waals surface area contributed by atoms with Gasteiger partial charge in [-0.1, -0.05) is 0 Å². The fraction of sp³-hybridized carbons (Fsp3) is 0.444. The second-order valence-electron chi connectivity index (χ2n) is 6.37. The highest BCUT2D eigenvalue weighted by Gasteiger charge is 2.31. The lowest BCUT2D eigenvalue weighted by Crippen LogP contribution is -2.49. The molecule has 1 aliphatic heterocycles. The van der Waals surface area contributed by atoms with Gasteiger partial charge < -0.3 is 14.7 Å². The molecule has 1 N–H and O–H groups in total. The summed E-state index contributed by atoms with van der Waals surface area (Å²) in [5.74, 6) is -2.05. The second-order valence-corrected chi connectivity index (χ2v) is 7.37. The molecule has 0 spiro atoms. The molecule has 1 amide bonds. The summed E-state index contributed by atoms with van der Waals surface area (Å²) in [4.78, 5) is 19.5. The summed E-state index contributed by atoms with van der Waals surface area (Å²) in [6.07, 6.45) is -0.114. The number of hydrogen-bond acceptors (Lipinski definition) is 5. The average Bonchev–Trinajstić information content (AvgIpc) is 2.98. The van der Waals surface area contributed by atoms with Crippen LogP contribution in [0.1, 0.15) is 28.7 Å². The minimum absolute atomic E-state index is 0.178. The molecule has 2 atom stereocenters. The minimum Gasteiger partial charge on any atom is -0.393 e. The number of aromatic nitrogens is 1. The number of hydrogen-bond donors (Lipinski definition) is 1. The van der Waals surface area contributed by atoms with E-state index in [1.807, 2.05) is 0 Å². The van der Waals surface area contributed by atoms with Gasteiger partial charge in [0.05, 0.1) is 31.1 Å². The Bertz CT molecular complexity index is 810. The molecule has 140 valence electrons. The van der Waals surface area contributed by atoms with E-state index in [0.717, 1.165) is 23.5 Å².